The Kier molecular flexibility index (Phi) is 5.50. The Bertz CT molecular complexity index is 680. The van der Waals surface area contributed by atoms with Crippen molar-refractivity contribution in [3.8, 4) is 0 Å². The fraction of sp³-hybridized carbons (Fsp3) is 0.562. The number of benzene rings is 1. The predicted molar refractivity (Wildman–Crippen MR) is 89.4 cm³/mol. The number of anilines is 1. The van der Waals surface area contributed by atoms with Gasteiger partial charge in [-0.1, -0.05) is 6.07 Å². The lowest BCUT2D eigenvalue weighted by Gasteiger charge is -2.23. The fourth-order valence-corrected chi connectivity index (χ4v) is 4.64. The number of rotatable bonds is 5. The lowest BCUT2D eigenvalue weighted by Crippen LogP contribution is -3.15. The Hall–Kier alpha value is -1.48. The number of sulfonamides is 1. The van der Waals surface area contributed by atoms with E-state index in [1.165, 1.54) is 9.21 Å². The standard InChI is InChI=1S/C16H23N3O4S/c20-16(13-18-8-10-23-11-9-18)17-14-4-3-5-15(12-14)24(21,22)19-6-1-2-7-19/h3-5,12H,1-2,6-11,13H2,(H,17,20)/p+1. The molecule has 24 heavy (non-hydrogen) atoms. The van der Waals surface area contributed by atoms with Gasteiger partial charge in [-0.2, -0.15) is 4.31 Å². The summed E-state index contributed by atoms with van der Waals surface area (Å²) in [6, 6.07) is 6.51. The van der Waals surface area contributed by atoms with Crippen molar-refractivity contribution in [2.24, 2.45) is 0 Å². The number of ether oxygens (including phenoxy) is 1. The molecular weight excluding hydrogens is 330 g/mol. The largest absolute Gasteiger partial charge is 0.370 e. The molecular formula is C16H24N3O4S+. The van der Waals surface area contributed by atoms with Crippen LogP contribution in [0.2, 0.25) is 0 Å². The Morgan fingerprint density at radius 3 is 2.62 bits per heavy atom. The van der Waals surface area contributed by atoms with Gasteiger partial charge in [0, 0.05) is 18.8 Å². The Morgan fingerprint density at radius 1 is 1.21 bits per heavy atom. The van der Waals surface area contributed by atoms with Crippen molar-refractivity contribution in [3.05, 3.63) is 24.3 Å². The van der Waals surface area contributed by atoms with Crippen molar-refractivity contribution in [1.29, 1.82) is 0 Å². The summed E-state index contributed by atoms with van der Waals surface area (Å²) in [6.07, 6.45) is 1.80. The zero-order valence-corrected chi connectivity index (χ0v) is 14.5. The molecule has 2 aliphatic heterocycles. The van der Waals surface area contributed by atoms with Crippen LogP contribution < -0.4 is 10.2 Å². The van der Waals surface area contributed by atoms with Crippen LogP contribution in [0.3, 0.4) is 0 Å². The number of nitrogens with zero attached hydrogens (tertiary/aromatic N) is 1. The second-order valence-electron chi connectivity index (χ2n) is 6.23. The van der Waals surface area contributed by atoms with Crippen LogP contribution in [0.25, 0.3) is 0 Å². The quantitative estimate of drug-likeness (QED) is 0.735. The van der Waals surface area contributed by atoms with Gasteiger partial charge in [-0.15, -0.1) is 0 Å². The first kappa shape index (κ1) is 17.3. The van der Waals surface area contributed by atoms with Crippen LogP contribution in [0.1, 0.15) is 12.8 Å². The second kappa shape index (κ2) is 7.60. The van der Waals surface area contributed by atoms with Gasteiger partial charge in [0.2, 0.25) is 10.0 Å². The van der Waals surface area contributed by atoms with Crippen molar-refractivity contribution in [3.63, 3.8) is 0 Å². The number of amides is 1. The average Bonchev–Trinajstić information content (AvgIpc) is 3.11. The Morgan fingerprint density at radius 2 is 1.92 bits per heavy atom. The van der Waals surface area contributed by atoms with Gasteiger partial charge in [0.15, 0.2) is 6.54 Å². The molecule has 0 atom stereocenters. The minimum absolute atomic E-state index is 0.109. The number of hydrogen-bond donors (Lipinski definition) is 2. The minimum atomic E-state index is -3.46. The van der Waals surface area contributed by atoms with Crippen molar-refractivity contribution in [2.45, 2.75) is 17.7 Å². The molecule has 2 fully saturated rings. The molecule has 2 aliphatic rings. The highest BCUT2D eigenvalue weighted by Gasteiger charge is 2.27. The summed E-state index contributed by atoms with van der Waals surface area (Å²) in [5.74, 6) is -0.109. The third-order valence-corrected chi connectivity index (χ3v) is 6.33. The number of morpholine rings is 1. The number of carbonyl (C=O) groups excluding carboxylic acids is 1. The molecule has 7 nitrogen and oxygen atoms in total. The van der Waals surface area contributed by atoms with E-state index in [0.29, 0.717) is 38.5 Å². The van der Waals surface area contributed by atoms with Crippen LogP contribution in [0, 0.1) is 0 Å². The number of nitrogens with one attached hydrogen (secondary N) is 2. The molecule has 2 N–H and O–H groups in total. The molecule has 0 unspecified atom stereocenters. The van der Waals surface area contributed by atoms with Crippen molar-refractivity contribution in [2.75, 3.05) is 51.3 Å². The molecule has 0 saturated carbocycles. The zero-order valence-electron chi connectivity index (χ0n) is 13.7. The van der Waals surface area contributed by atoms with Gasteiger partial charge in [0.25, 0.3) is 5.91 Å². The summed E-state index contributed by atoms with van der Waals surface area (Å²) in [5.41, 5.74) is 0.521. The smallest absolute Gasteiger partial charge is 0.279 e. The van der Waals surface area contributed by atoms with Crippen LogP contribution in [0.4, 0.5) is 5.69 Å². The van der Waals surface area contributed by atoms with Gasteiger partial charge in [-0.3, -0.25) is 4.79 Å². The summed E-state index contributed by atoms with van der Waals surface area (Å²) >= 11 is 0. The van der Waals surface area contributed by atoms with Crippen molar-refractivity contribution < 1.29 is 22.8 Å². The SMILES string of the molecule is O=C(C[NH+]1CCOCC1)Nc1cccc(S(=O)(=O)N2CCCC2)c1. The van der Waals surface area contributed by atoms with Crippen molar-refractivity contribution in [1.82, 2.24) is 4.31 Å². The van der Waals surface area contributed by atoms with E-state index in [-0.39, 0.29) is 10.8 Å². The molecule has 0 aromatic heterocycles. The maximum absolute atomic E-state index is 12.6. The fourth-order valence-electron chi connectivity index (χ4n) is 3.08. The average molecular weight is 354 g/mol. The van der Waals surface area contributed by atoms with E-state index in [1.807, 2.05) is 0 Å². The molecule has 0 radical (unpaired) electrons. The number of hydrogen-bond acceptors (Lipinski definition) is 4. The number of carbonyl (C=O) groups is 1. The van der Waals surface area contributed by atoms with Crippen LogP contribution >= 0.6 is 0 Å². The molecule has 132 valence electrons. The molecule has 0 aliphatic carbocycles. The predicted octanol–water partition coefficient (Wildman–Crippen LogP) is -0.675. The van der Waals surface area contributed by atoms with Gasteiger partial charge >= 0.3 is 0 Å². The monoisotopic (exact) mass is 354 g/mol. The van der Waals surface area contributed by atoms with E-state index in [9.17, 15) is 13.2 Å². The van der Waals surface area contributed by atoms with E-state index < -0.39 is 10.0 Å². The van der Waals surface area contributed by atoms with Gasteiger partial charge in [0.1, 0.15) is 13.1 Å². The lowest BCUT2D eigenvalue weighted by atomic mass is 10.3. The maximum Gasteiger partial charge on any atom is 0.279 e. The Labute approximate surface area is 142 Å². The molecule has 1 amide bonds. The number of quaternary nitrogens is 1. The molecule has 2 heterocycles. The third kappa shape index (κ3) is 4.13. The molecule has 0 bridgehead atoms. The first-order chi connectivity index (χ1) is 11.6. The highest BCUT2D eigenvalue weighted by molar-refractivity contribution is 7.89. The van der Waals surface area contributed by atoms with E-state index >= 15 is 0 Å². The second-order valence-corrected chi connectivity index (χ2v) is 8.16. The minimum Gasteiger partial charge on any atom is -0.370 e. The molecule has 1 aromatic rings. The summed E-state index contributed by atoms with van der Waals surface area (Å²) in [4.78, 5) is 13.6. The van der Waals surface area contributed by atoms with Gasteiger partial charge in [-0.25, -0.2) is 8.42 Å². The molecule has 3 rings (SSSR count). The van der Waals surface area contributed by atoms with E-state index in [4.69, 9.17) is 4.74 Å². The molecule has 2 saturated heterocycles. The summed E-state index contributed by atoms with van der Waals surface area (Å²) < 4.78 is 32.0. The van der Waals surface area contributed by atoms with Crippen LogP contribution in [-0.2, 0) is 19.6 Å². The summed E-state index contributed by atoms with van der Waals surface area (Å²) in [7, 11) is -3.46. The van der Waals surface area contributed by atoms with Crippen LogP contribution in [0.15, 0.2) is 29.2 Å². The summed E-state index contributed by atoms with van der Waals surface area (Å²) in [6.45, 7) is 4.48. The highest BCUT2D eigenvalue weighted by atomic mass is 32.2. The van der Waals surface area contributed by atoms with Crippen molar-refractivity contribution >= 4 is 21.6 Å². The van der Waals surface area contributed by atoms with Crippen LogP contribution in [-0.4, -0.2) is 64.6 Å². The lowest BCUT2D eigenvalue weighted by molar-refractivity contribution is -0.899. The van der Waals surface area contributed by atoms with E-state index in [2.05, 4.69) is 5.32 Å². The molecule has 0 spiro atoms. The topological polar surface area (TPSA) is 80.1 Å². The molecule has 1 aromatic carbocycles. The molecule has 8 heteroatoms. The Balaban J connectivity index is 1.65. The first-order valence-electron chi connectivity index (χ1n) is 8.37. The zero-order chi connectivity index (χ0) is 17.0. The van der Waals surface area contributed by atoms with E-state index in [1.54, 1.807) is 24.3 Å². The van der Waals surface area contributed by atoms with Crippen LogP contribution in [0.5, 0.6) is 0 Å². The highest BCUT2D eigenvalue weighted by Crippen LogP contribution is 2.22. The third-order valence-electron chi connectivity index (χ3n) is 4.43. The summed E-state index contributed by atoms with van der Waals surface area (Å²) in [5, 5.41) is 2.81. The maximum atomic E-state index is 12.6. The van der Waals surface area contributed by atoms with Gasteiger partial charge in [0.05, 0.1) is 18.1 Å². The van der Waals surface area contributed by atoms with E-state index in [0.717, 1.165) is 25.9 Å². The first-order valence-corrected chi connectivity index (χ1v) is 9.81. The van der Waals surface area contributed by atoms with Gasteiger partial charge < -0.3 is 15.0 Å². The normalized spacial score (nSPS) is 20.2. The van der Waals surface area contributed by atoms with Gasteiger partial charge in [-0.05, 0) is 31.0 Å².